The van der Waals surface area contributed by atoms with Gasteiger partial charge in [0.15, 0.2) is 11.2 Å². The SMILES string of the molecule is CN(CCCCn1nc(-c2ccc3oc(N)nc3c2)c2c(N)ncnc21)C(=O)CCOCCOCCOCCOCCOCCOCCOCCOCCN. The van der Waals surface area contributed by atoms with Gasteiger partial charge in [0.05, 0.1) is 118 Å². The van der Waals surface area contributed by atoms with Gasteiger partial charge >= 0.3 is 0 Å². The van der Waals surface area contributed by atoms with E-state index in [1.165, 1.54) is 6.33 Å². The average Bonchev–Trinajstić information content (AvgIpc) is 3.76. The average molecular weight is 776 g/mol. The van der Waals surface area contributed by atoms with Gasteiger partial charge in [0, 0.05) is 32.2 Å². The van der Waals surface area contributed by atoms with E-state index in [2.05, 4.69) is 15.0 Å². The van der Waals surface area contributed by atoms with Crippen molar-refractivity contribution in [1.29, 1.82) is 0 Å². The summed E-state index contributed by atoms with van der Waals surface area (Å²) in [4.78, 5) is 27.2. The molecule has 0 aliphatic heterocycles. The predicted molar refractivity (Wildman–Crippen MR) is 204 cm³/mol. The predicted octanol–water partition coefficient (Wildman–Crippen LogP) is 1.52. The number of aromatic nitrogens is 5. The summed E-state index contributed by atoms with van der Waals surface area (Å²) in [5, 5.41) is 5.49. The Labute approximate surface area is 321 Å². The van der Waals surface area contributed by atoms with E-state index in [4.69, 9.17) is 64.6 Å². The molecule has 0 radical (unpaired) electrons. The Morgan fingerprint density at radius 2 is 1.29 bits per heavy atom. The first-order valence-electron chi connectivity index (χ1n) is 18.7. The number of nitrogens with zero attached hydrogens (tertiary/aromatic N) is 6. The molecular formula is C36H57N9O10. The molecule has 0 saturated heterocycles. The highest BCUT2D eigenvalue weighted by atomic mass is 16.6. The lowest BCUT2D eigenvalue weighted by atomic mass is 10.1. The van der Waals surface area contributed by atoms with Crippen LogP contribution < -0.4 is 17.2 Å². The number of amides is 1. The molecule has 0 fully saturated rings. The fourth-order valence-electron chi connectivity index (χ4n) is 5.29. The van der Waals surface area contributed by atoms with E-state index >= 15 is 0 Å². The van der Waals surface area contributed by atoms with Gasteiger partial charge in [-0.05, 0) is 31.0 Å². The van der Waals surface area contributed by atoms with Crippen molar-refractivity contribution in [2.75, 3.05) is 137 Å². The molecule has 0 unspecified atom stereocenters. The second-order valence-corrected chi connectivity index (χ2v) is 12.2. The summed E-state index contributed by atoms with van der Waals surface area (Å²) in [6, 6.07) is 5.62. The van der Waals surface area contributed by atoms with Gasteiger partial charge in [0.25, 0.3) is 6.01 Å². The first kappa shape index (κ1) is 43.7. The van der Waals surface area contributed by atoms with E-state index in [1.807, 2.05) is 16.8 Å². The molecule has 4 aromatic rings. The number of carbonyl (C=O) groups excluding carboxylic acids is 1. The van der Waals surface area contributed by atoms with Gasteiger partial charge in [0.2, 0.25) is 5.91 Å². The van der Waals surface area contributed by atoms with Gasteiger partial charge in [-0.25, -0.2) is 14.6 Å². The first-order valence-corrected chi connectivity index (χ1v) is 18.7. The summed E-state index contributed by atoms with van der Waals surface area (Å²) < 4.78 is 50.8. The molecule has 19 heteroatoms. The number of benzene rings is 1. The van der Waals surface area contributed by atoms with Gasteiger partial charge in [-0.1, -0.05) is 0 Å². The minimum absolute atomic E-state index is 0.0201. The van der Waals surface area contributed by atoms with E-state index < -0.39 is 0 Å². The van der Waals surface area contributed by atoms with Crippen molar-refractivity contribution >= 4 is 39.9 Å². The molecule has 0 atom stereocenters. The van der Waals surface area contributed by atoms with Crippen LogP contribution in [-0.4, -0.2) is 161 Å². The van der Waals surface area contributed by atoms with Gasteiger partial charge in [-0.15, -0.1) is 0 Å². The number of unbranched alkanes of at least 4 members (excludes halogenated alkanes) is 1. The molecule has 0 spiro atoms. The van der Waals surface area contributed by atoms with Crippen LogP contribution in [0.5, 0.6) is 0 Å². The van der Waals surface area contributed by atoms with Crippen molar-refractivity contribution in [3.63, 3.8) is 0 Å². The Kier molecular flexibility index (Phi) is 20.6. The molecule has 0 saturated carbocycles. The highest BCUT2D eigenvalue weighted by Gasteiger charge is 2.18. The van der Waals surface area contributed by atoms with E-state index in [-0.39, 0.29) is 11.9 Å². The molecule has 306 valence electrons. The van der Waals surface area contributed by atoms with Crippen LogP contribution in [0.3, 0.4) is 0 Å². The number of aryl methyl sites for hydroxylation is 1. The standard InChI is InChI=1S/C36H57N9O10/c1-44(8-2-3-9-45-35-32(34(38)40-27-41-35)33(43-45)28-4-5-30-29(26-28)42-36(39)55-30)31(46)6-10-47-12-14-49-16-18-51-20-22-53-24-25-54-23-21-52-19-17-50-15-13-48-11-7-37/h4-5,26-27H,2-3,6-25,37H2,1H3,(H2,39,42)(H2,38,40,41). The smallest absolute Gasteiger partial charge is 0.292 e. The monoisotopic (exact) mass is 775 g/mol. The van der Waals surface area contributed by atoms with Crippen LogP contribution in [0.1, 0.15) is 19.3 Å². The van der Waals surface area contributed by atoms with Gasteiger partial charge in [0.1, 0.15) is 23.4 Å². The number of nitrogen functional groups attached to an aromatic ring is 2. The fourth-order valence-corrected chi connectivity index (χ4v) is 5.29. The number of anilines is 2. The molecule has 19 nitrogen and oxygen atoms in total. The van der Waals surface area contributed by atoms with E-state index in [9.17, 15) is 4.79 Å². The molecule has 3 aromatic heterocycles. The number of nitrogens with two attached hydrogens (primary N) is 3. The second-order valence-electron chi connectivity index (χ2n) is 12.2. The number of carbonyl (C=O) groups is 1. The summed E-state index contributed by atoms with van der Waals surface area (Å²) in [5.74, 6) is 0.361. The molecule has 1 amide bonds. The van der Waals surface area contributed by atoms with E-state index in [0.29, 0.717) is 165 Å². The van der Waals surface area contributed by atoms with Gasteiger partial charge in [-0.2, -0.15) is 10.1 Å². The lowest BCUT2D eigenvalue weighted by Crippen LogP contribution is -2.28. The Morgan fingerprint density at radius 3 is 1.85 bits per heavy atom. The van der Waals surface area contributed by atoms with E-state index in [1.54, 1.807) is 18.0 Å². The normalized spacial score (nSPS) is 11.7. The topological polar surface area (TPSA) is 242 Å². The van der Waals surface area contributed by atoms with Crippen LogP contribution in [0, 0.1) is 0 Å². The zero-order chi connectivity index (χ0) is 38.9. The number of fused-ring (bicyclic) bond motifs is 2. The Bertz CT molecular complexity index is 1660. The molecule has 55 heavy (non-hydrogen) atoms. The van der Waals surface area contributed by atoms with Crippen molar-refractivity contribution in [3.8, 4) is 11.3 Å². The zero-order valence-corrected chi connectivity index (χ0v) is 31.9. The van der Waals surface area contributed by atoms with Crippen LogP contribution in [0.25, 0.3) is 33.4 Å². The molecule has 0 bridgehead atoms. The summed E-state index contributed by atoms with van der Waals surface area (Å²) >= 11 is 0. The zero-order valence-electron chi connectivity index (χ0n) is 31.9. The maximum atomic E-state index is 12.6. The lowest BCUT2D eigenvalue weighted by molar-refractivity contribution is -0.131. The van der Waals surface area contributed by atoms with Gasteiger partial charge in [-0.3, -0.25) is 4.79 Å². The third kappa shape index (κ3) is 15.9. The Morgan fingerprint density at radius 1 is 0.745 bits per heavy atom. The molecule has 1 aromatic carbocycles. The summed E-state index contributed by atoms with van der Waals surface area (Å²) in [6.07, 6.45) is 3.28. The Balaban J connectivity index is 0.940. The minimum Gasteiger partial charge on any atom is -0.424 e. The third-order valence-electron chi connectivity index (χ3n) is 8.10. The van der Waals surface area contributed by atoms with Crippen molar-refractivity contribution in [3.05, 3.63) is 24.5 Å². The molecule has 3 heterocycles. The molecule has 0 aliphatic carbocycles. The van der Waals surface area contributed by atoms with E-state index in [0.717, 1.165) is 18.4 Å². The van der Waals surface area contributed by atoms with Gasteiger partial charge < -0.3 is 64.4 Å². The van der Waals surface area contributed by atoms with Crippen LogP contribution in [-0.2, 0) is 49.2 Å². The number of oxazole rings is 1. The molecule has 6 N–H and O–H groups in total. The number of hydrogen-bond acceptors (Lipinski definition) is 17. The molecule has 4 rings (SSSR count). The van der Waals surface area contributed by atoms with Crippen molar-refractivity contribution < 1.29 is 47.1 Å². The summed E-state index contributed by atoms with van der Waals surface area (Å²) in [5.41, 5.74) is 20.6. The van der Waals surface area contributed by atoms with Crippen LogP contribution in [0.4, 0.5) is 11.8 Å². The lowest BCUT2D eigenvalue weighted by Gasteiger charge is -2.17. The minimum atomic E-state index is 0.0201. The van der Waals surface area contributed by atoms with Crippen LogP contribution >= 0.6 is 0 Å². The number of ether oxygens (including phenoxy) is 8. The third-order valence-corrected chi connectivity index (χ3v) is 8.10. The maximum absolute atomic E-state index is 12.6. The maximum Gasteiger partial charge on any atom is 0.292 e. The highest BCUT2D eigenvalue weighted by Crippen LogP contribution is 2.32. The first-order chi connectivity index (χ1) is 27.0. The van der Waals surface area contributed by atoms with Crippen molar-refractivity contribution in [1.82, 2.24) is 29.6 Å². The number of hydrogen-bond donors (Lipinski definition) is 3. The second kappa shape index (κ2) is 25.9. The largest absolute Gasteiger partial charge is 0.424 e. The van der Waals surface area contributed by atoms with Crippen LogP contribution in [0.2, 0.25) is 0 Å². The molecule has 0 aliphatic rings. The summed E-state index contributed by atoms with van der Waals surface area (Å²) in [6.45, 7) is 9.35. The number of rotatable bonds is 32. The molecular weight excluding hydrogens is 718 g/mol. The quantitative estimate of drug-likeness (QED) is 0.0596. The van der Waals surface area contributed by atoms with Crippen molar-refractivity contribution in [2.24, 2.45) is 5.73 Å². The highest BCUT2D eigenvalue weighted by molar-refractivity contribution is 5.99. The van der Waals surface area contributed by atoms with Crippen LogP contribution in [0.15, 0.2) is 28.9 Å². The fraction of sp³-hybridized carbons (Fsp3) is 0.639. The Hall–Kier alpha value is -4.05. The summed E-state index contributed by atoms with van der Waals surface area (Å²) in [7, 11) is 1.80. The van der Waals surface area contributed by atoms with Crippen molar-refractivity contribution in [2.45, 2.75) is 25.8 Å².